The van der Waals surface area contributed by atoms with E-state index in [9.17, 15) is 13.2 Å². The van der Waals surface area contributed by atoms with Crippen LogP contribution in [-0.4, -0.2) is 25.6 Å². The summed E-state index contributed by atoms with van der Waals surface area (Å²) in [7, 11) is -3.55. The molecule has 0 saturated carbocycles. The Morgan fingerprint density at radius 2 is 1.39 bits per heavy atom. The molecule has 1 amide bonds. The van der Waals surface area contributed by atoms with Crippen molar-refractivity contribution in [2.45, 2.75) is 13.0 Å². The monoisotopic (exact) mass is 521 g/mol. The predicted molar refractivity (Wildman–Crippen MR) is 153 cm³/mol. The molecule has 0 fully saturated rings. The number of carbonyl (C=O) groups is 1. The molecule has 5 aromatic rings. The maximum Gasteiger partial charge on any atom is 0.255 e. The molecule has 0 radical (unpaired) electrons. The van der Waals surface area contributed by atoms with Crippen molar-refractivity contribution in [2.24, 2.45) is 0 Å². The lowest BCUT2D eigenvalue weighted by Gasteiger charge is -2.24. The summed E-state index contributed by atoms with van der Waals surface area (Å²) in [4.78, 5) is 16.9. The number of hydrogen-bond acceptors (Lipinski definition) is 4. The Morgan fingerprint density at radius 1 is 0.763 bits per heavy atom. The number of aromatic nitrogens is 1. The van der Waals surface area contributed by atoms with Crippen molar-refractivity contribution >= 4 is 38.1 Å². The first-order valence-corrected chi connectivity index (χ1v) is 14.1. The molecule has 6 nitrogen and oxygen atoms in total. The van der Waals surface area contributed by atoms with Gasteiger partial charge in [-0.15, -0.1) is 0 Å². The molecule has 0 atom stereocenters. The van der Waals surface area contributed by atoms with Gasteiger partial charge in [-0.05, 0) is 71.0 Å². The normalized spacial score (nSPS) is 11.3. The quantitative estimate of drug-likeness (QED) is 0.270. The van der Waals surface area contributed by atoms with Gasteiger partial charge >= 0.3 is 0 Å². The highest BCUT2D eigenvalue weighted by Crippen LogP contribution is 2.30. The summed E-state index contributed by atoms with van der Waals surface area (Å²) in [6, 6.07) is 32.1. The van der Waals surface area contributed by atoms with Crippen molar-refractivity contribution in [3.63, 3.8) is 0 Å². The first-order chi connectivity index (χ1) is 18.4. The Balaban J connectivity index is 1.28. The van der Waals surface area contributed by atoms with Crippen molar-refractivity contribution in [3.8, 4) is 0 Å². The maximum atomic E-state index is 12.8. The van der Waals surface area contributed by atoms with Crippen LogP contribution in [0.15, 0.2) is 116 Å². The van der Waals surface area contributed by atoms with Gasteiger partial charge in [-0.2, -0.15) is 0 Å². The average molecular weight is 522 g/mol. The predicted octanol–water partition coefficient (Wildman–Crippen LogP) is 6.04. The van der Waals surface area contributed by atoms with E-state index in [1.54, 1.807) is 36.7 Å². The lowest BCUT2D eigenvalue weighted by Crippen LogP contribution is -2.29. The van der Waals surface area contributed by atoms with Gasteiger partial charge in [-0.3, -0.25) is 14.1 Å². The van der Waals surface area contributed by atoms with E-state index in [0.29, 0.717) is 16.9 Å². The van der Waals surface area contributed by atoms with E-state index in [1.165, 1.54) is 16.1 Å². The number of nitrogens with one attached hydrogen (secondary N) is 1. The molecule has 0 aliphatic heterocycles. The summed E-state index contributed by atoms with van der Waals surface area (Å²) < 4.78 is 26.9. The number of nitrogens with zero attached hydrogens (tertiary/aromatic N) is 2. The molecule has 190 valence electrons. The zero-order valence-electron chi connectivity index (χ0n) is 20.9. The van der Waals surface area contributed by atoms with E-state index in [-0.39, 0.29) is 12.5 Å². The zero-order valence-corrected chi connectivity index (χ0v) is 21.7. The summed E-state index contributed by atoms with van der Waals surface area (Å²) in [5.41, 5.74) is 4.91. The van der Waals surface area contributed by atoms with Gasteiger partial charge in [0.05, 0.1) is 18.5 Å². The molecule has 0 unspecified atom stereocenters. The lowest BCUT2D eigenvalue weighted by molar-refractivity contribution is 0.102. The minimum atomic E-state index is -3.55. The Kier molecular flexibility index (Phi) is 7.20. The Bertz CT molecular complexity index is 1660. The smallest absolute Gasteiger partial charge is 0.255 e. The maximum absolute atomic E-state index is 12.8. The second-order valence-electron chi connectivity index (χ2n) is 9.15. The van der Waals surface area contributed by atoms with Gasteiger partial charge in [-0.25, -0.2) is 8.42 Å². The summed E-state index contributed by atoms with van der Waals surface area (Å²) in [5.74, 6) is -0.229. The largest absolute Gasteiger partial charge is 0.322 e. The summed E-state index contributed by atoms with van der Waals surface area (Å²) in [5, 5.41) is 4.76. The van der Waals surface area contributed by atoms with Crippen LogP contribution in [0.5, 0.6) is 0 Å². The highest BCUT2D eigenvalue weighted by Gasteiger charge is 2.20. The number of hydrogen-bond donors (Lipinski definition) is 1. The molecule has 0 saturated heterocycles. The van der Waals surface area contributed by atoms with Gasteiger partial charge in [0.25, 0.3) is 5.91 Å². The minimum Gasteiger partial charge on any atom is -0.322 e. The highest BCUT2D eigenvalue weighted by molar-refractivity contribution is 7.92. The van der Waals surface area contributed by atoms with Gasteiger partial charge < -0.3 is 5.32 Å². The number of benzene rings is 4. The zero-order chi connectivity index (χ0) is 26.5. The highest BCUT2D eigenvalue weighted by atomic mass is 32.2. The molecule has 5 rings (SSSR count). The summed E-state index contributed by atoms with van der Waals surface area (Å²) >= 11 is 0. The molecule has 0 spiro atoms. The standard InChI is InChI=1S/C31H27N3O3S/c1-38(36,37)34(30-8-4-6-26-5-2-3-7-29(26)30)22-25-9-13-27(14-10-25)31(35)33-28-15-11-23(12-16-28)21-24-17-19-32-20-18-24/h2-20H,21-22H2,1H3,(H,33,35). The van der Waals surface area contributed by atoms with Crippen LogP contribution in [0.1, 0.15) is 27.0 Å². The third-order valence-corrected chi connectivity index (χ3v) is 7.47. The number of anilines is 2. The van der Waals surface area contributed by atoms with Crippen molar-refractivity contribution in [1.29, 1.82) is 0 Å². The molecule has 1 aromatic heterocycles. The molecule has 0 bridgehead atoms. The number of amides is 1. The van der Waals surface area contributed by atoms with Crippen molar-refractivity contribution < 1.29 is 13.2 Å². The van der Waals surface area contributed by atoms with Crippen LogP contribution < -0.4 is 9.62 Å². The first-order valence-electron chi connectivity index (χ1n) is 12.2. The number of carbonyl (C=O) groups excluding carboxylic acids is 1. The fourth-order valence-corrected chi connectivity index (χ4v) is 5.28. The van der Waals surface area contributed by atoms with E-state index >= 15 is 0 Å². The second-order valence-corrected chi connectivity index (χ2v) is 11.1. The lowest BCUT2D eigenvalue weighted by atomic mass is 10.1. The molecule has 0 aliphatic carbocycles. The van der Waals surface area contributed by atoms with Crippen molar-refractivity contribution in [2.75, 3.05) is 15.9 Å². The van der Waals surface area contributed by atoms with Gasteiger partial charge in [0.1, 0.15) is 0 Å². The molecule has 1 N–H and O–H groups in total. The van der Waals surface area contributed by atoms with Crippen LogP contribution in [0.4, 0.5) is 11.4 Å². The third kappa shape index (κ3) is 5.90. The first kappa shape index (κ1) is 25.2. The van der Waals surface area contributed by atoms with E-state index in [4.69, 9.17) is 0 Å². The van der Waals surface area contributed by atoms with Crippen LogP contribution in [0.2, 0.25) is 0 Å². The summed E-state index contributed by atoms with van der Waals surface area (Å²) in [6.45, 7) is 0.160. The number of pyridine rings is 1. The second kappa shape index (κ2) is 10.9. The topological polar surface area (TPSA) is 79.4 Å². The Morgan fingerprint density at radius 3 is 2.11 bits per heavy atom. The molecule has 1 heterocycles. The van der Waals surface area contributed by atoms with Gasteiger partial charge in [0.15, 0.2) is 0 Å². The average Bonchev–Trinajstić information content (AvgIpc) is 2.93. The fraction of sp³-hybridized carbons (Fsp3) is 0.0968. The van der Waals surface area contributed by atoms with Crippen molar-refractivity contribution in [1.82, 2.24) is 4.98 Å². The van der Waals surface area contributed by atoms with Gasteiger partial charge in [0, 0.05) is 29.0 Å². The fourth-order valence-electron chi connectivity index (χ4n) is 4.38. The van der Waals surface area contributed by atoms with Crippen LogP contribution in [-0.2, 0) is 23.0 Å². The third-order valence-electron chi connectivity index (χ3n) is 6.35. The Hall–Kier alpha value is -4.49. The van der Waals surface area contributed by atoms with Gasteiger partial charge in [0.2, 0.25) is 10.0 Å². The molecular formula is C31H27N3O3S. The number of sulfonamides is 1. The van der Waals surface area contributed by atoms with Crippen LogP contribution >= 0.6 is 0 Å². The van der Waals surface area contributed by atoms with E-state index < -0.39 is 10.0 Å². The number of fused-ring (bicyclic) bond motifs is 1. The van der Waals surface area contributed by atoms with Gasteiger partial charge in [-0.1, -0.05) is 60.7 Å². The molecule has 7 heteroatoms. The van der Waals surface area contributed by atoms with Crippen molar-refractivity contribution in [3.05, 3.63) is 138 Å². The molecule has 4 aromatic carbocycles. The molecular weight excluding hydrogens is 494 g/mol. The minimum absolute atomic E-state index is 0.160. The summed E-state index contributed by atoms with van der Waals surface area (Å²) in [6.07, 6.45) is 5.55. The van der Waals surface area contributed by atoms with Crippen LogP contribution in [0, 0.1) is 0 Å². The van der Waals surface area contributed by atoms with Crippen LogP contribution in [0.3, 0.4) is 0 Å². The SMILES string of the molecule is CS(=O)(=O)N(Cc1ccc(C(=O)Nc2ccc(Cc3ccncc3)cc2)cc1)c1cccc2ccccc12. The Labute approximate surface area is 222 Å². The number of rotatable bonds is 8. The van der Waals surface area contributed by atoms with E-state index in [0.717, 1.165) is 28.3 Å². The van der Waals surface area contributed by atoms with E-state index in [2.05, 4.69) is 10.3 Å². The molecule has 38 heavy (non-hydrogen) atoms. The van der Waals surface area contributed by atoms with E-state index in [1.807, 2.05) is 78.9 Å². The van der Waals surface area contributed by atoms with Crippen LogP contribution in [0.25, 0.3) is 10.8 Å². The molecule has 0 aliphatic rings.